The number of isothiocyanates is 1. The van der Waals surface area contributed by atoms with Crippen LogP contribution in [-0.2, 0) is 0 Å². The molecule has 0 aromatic heterocycles. The van der Waals surface area contributed by atoms with E-state index < -0.39 is 0 Å². The molecule has 2 unspecified atom stereocenters. The minimum Gasteiger partial charge on any atom is -0.360 e. The van der Waals surface area contributed by atoms with Crippen LogP contribution in [0.1, 0.15) is 13.3 Å². The van der Waals surface area contributed by atoms with Crippen LogP contribution in [-0.4, -0.2) is 22.5 Å². The molecule has 1 fully saturated rings. The molecule has 0 aliphatic carbocycles. The lowest BCUT2D eigenvalue weighted by atomic mass is 10.2. The summed E-state index contributed by atoms with van der Waals surface area (Å²) in [5.41, 5.74) is 0. The highest BCUT2D eigenvalue weighted by Crippen LogP contribution is 2.03. The molecule has 0 bridgehead atoms. The van der Waals surface area contributed by atoms with Crippen molar-refractivity contribution in [3.8, 4) is 0 Å². The Bertz CT molecular complexity index is 210. The third-order valence-electron chi connectivity index (χ3n) is 1.46. The largest absolute Gasteiger partial charge is 0.360 e. The molecule has 1 saturated heterocycles. The first-order valence-corrected chi connectivity index (χ1v) is 4.18. The summed E-state index contributed by atoms with van der Waals surface area (Å²) in [7, 11) is 0. The average molecular weight is 187 g/mol. The van der Waals surface area contributed by atoms with Crippen LogP contribution in [0.15, 0.2) is 4.99 Å². The normalized spacial score (nSPS) is 29.7. The lowest BCUT2D eigenvalue weighted by Gasteiger charge is -2.27. The van der Waals surface area contributed by atoms with E-state index in [2.05, 4.69) is 39.9 Å². The van der Waals surface area contributed by atoms with Crippen molar-refractivity contribution in [1.29, 1.82) is 0 Å². The Morgan fingerprint density at radius 1 is 1.64 bits per heavy atom. The fraction of sp³-hybridized carbons (Fsp3) is 0.667. The molecule has 2 atom stereocenters. The Labute approximate surface area is 76.3 Å². The molecule has 0 aromatic carbocycles. The minimum absolute atomic E-state index is 0.0104. The van der Waals surface area contributed by atoms with Gasteiger partial charge in [0.15, 0.2) is 5.11 Å². The predicted octanol–water partition coefficient (Wildman–Crippen LogP) is 0.672. The van der Waals surface area contributed by atoms with Crippen LogP contribution in [0.3, 0.4) is 0 Å². The zero-order valence-corrected chi connectivity index (χ0v) is 7.76. The summed E-state index contributed by atoms with van der Waals surface area (Å²) in [5, 5.41) is 9.02. The fourth-order valence-corrected chi connectivity index (χ4v) is 1.48. The van der Waals surface area contributed by atoms with Crippen LogP contribution >= 0.6 is 24.4 Å². The zero-order chi connectivity index (χ0) is 8.27. The molecule has 1 rings (SSSR count). The fourth-order valence-electron chi connectivity index (χ4n) is 1.02. The van der Waals surface area contributed by atoms with Gasteiger partial charge in [0.25, 0.3) is 0 Å². The Hall–Kier alpha value is -0.510. The molecule has 2 N–H and O–H groups in total. The lowest BCUT2D eigenvalue weighted by molar-refractivity contribution is 0.456. The minimum atomic E-state index is 0.0104. The zero-order valence-electron chi connectivity index (χ0n) is 6.13. The third-order valence-corrected chi connectivity index (χ3v) is 1.80. The van der Waals surface area contributed by atoms with Crippen LogP contribution in [0, 0.1) is 0 Å². The number of thiocarbonyl (C=S) groups is 2. The molecule has 0 radical (unpaired) electrons. The highest BCUT2D eigenvalue weighted by molar-refractivity contribution is 7.80. The second-order valence-corrected chi connectivity index (χ2v) is 3.08. The third kappa shape index (κ3) is 2.54. The second-order valence-electron chi connectivity index (χ2n) is 2.49. The Kier molecular flexibility index (Phi) is 2.93. The molecule has 0 amide bonds. The van der Waals surface area contributed by atoms with Crippen LogP contribution < -0.4 is 10.6 Å². The van der Waals surface area contributed by atoms with Crippen molar-refractivity contribution in [3.63, 3.8) is 0 Å². The predicted molar refractivity (Wildman–Crippen MR) is 51.8 cm³/mol. The van der Waals surface area contributed by atoms with E-state index in [9.17, 15) is 0 Å². The molecule has 5 heteroatoms. The summed E-state index contributed by atoms with van der Waals surface area (Å²) in [5.74, 6) is 0. The van der Waals surface area contributed by atoms with Crippen molar-refractivity contribution in [2.75, 3.05) is 0 Å². The van der Waals surface area contributed by atoms with E-state index in [1.54, 1.807) is 0 Å². The van der Waals surface area contributed by atoms with Gasteiger partial charge in [0.1, 0.15) is 6.17 Å². The SMILES string of the molecule is CC1CC(N=C=S)NC(=S)N1. The summed E-state index contributed by atoms with van der Waals surface area (Å²) in [6.45, 7) is 2.05. The maximum atomic E-state index is 4.93. The van der Waals surface area contributed by atoms with Crippen molar-refractivity contribution in [2.45, 2.75) is 25.6 Å². The maximum Gasteiger partial charge on any atom is 0.168 e. The highest BCUT2D eigenvalue weighted by atomic mass is 32.1. The van der Waals surface area contributed by atoms with E-state index in [1.165, 1.54) is 0 Å². The van der Waals surface area contributed by atoms with E-state index >= 15 is 0 Å². The van der Waals surface area contributed by atoms with Gasteiger partial charge in [0.05, 0.1) is 5.16 Å². The summed E-state index contributed by atoms with van der Waals surface area (Å²) in [4.78, 5) is 3.91. The number of aliphatic imine (C=N–C) groups is 1. The van der Waals surface area contributed by atoms with Crippen LogP contribution in [0.2, 0.25) is 0 Å². The average Bonchev–Trinajstić information content (AvgIpc) is 1.85. The monoisotopic (exact) mass is 187 g/mol. The molecule has 11 heavy (non-hydrogen) atoms. The van der Waals surface area contributed by atoms with Gasteiger partial charge >= 0.3 is 0 Å². The first-order chi connectivity index (χ1) is 5.22. The van der Waals surface area contributed by atoms with Gasteiger partial charge in [-0.1, -0.05) is 0 Å². The number of hydrogen-bond donors (Lipinski definition) is 2. The van der Waals surface area contributed by atoms with Crippen molar-refractivity contribution in [1.82, 2.24) is 10.6 Å². The summed E-state index contributed by atoms with van der Waals surface area (Å²) in [6.07, 6.45) is 0.903. The molecular weight excluding hydrogens is 178 g/mol. The van der Waals surface area contributed by atoms with E-state index in [0.29, 0.717) is 11.2 Å². The lowest BCUT2D eigenvalue weighted by Crippen LogP contribution is -2.52. The molecule has 1 aliphatic heterocycles. The van der Waals surface area contributed by atoms with Crippen molar-refractivity contribution in [2.24, 2.45) is 4.99 Å². The summed E-state index contributed by atoms with van der Waals surface area (Å²) < 4.78 is 0. The van der Waals surface area contributed by atoms with Crippen LogP contribution in [0.25, 0.3) is 0 Å². The van der Waals surface area contributed by atoms with Gasteiger partial charge in [0.2, 0.25) is 0 Å². The van der Waals surface area contributed by atoms with E-state index in [1.807, 2.05) is 0 Å². The Morgan fingerprint density at radius 2 is 2.36 bits per heavy atom. The number of hydrogen-bond acceptors (Lipinski definition) is 3. The molecule has 1 heterocycles. The standard InChI is InChI=1S/C6H9N3S2/c1-4-2-5(7-3-10)9-6(11)8-4/h4-5H,2H2,1H3,(H2,8,9,11). The van der Waals surface area contributed by atoms with Crippen LogP contribution in [0.5, 0.6) is 0 Å². The molecular formula is C6H9N3S2. The van der Waals surface area contributed by atoms with Gasteiger partial charge in [-0.25, -0.2) is 4.99 Å². The Balaban J connectivity index is 2.56. The van der Waals surface area contributed by atoms with Crippen LogP contribution in [0.4, 0.5) is 0 Å². The van der Waals surface area contributed by atoms with E-state index in [4.69, 9.17) is 12.2 Å². The molecule has 3 nitrogen and oxygen atoms in total. The van der Waals surface area contributed by atoms with Gasteiger partial charge in [-0.2, -0.15) is 0 Å². The first-order valence-electron chi connectivity index (χ1n) is 3.36. The molecule has 1 aliphatic rings. The number of nitrogens with one attached hydrogen (secondary N) is 2. The van der Waals surface area contributed by atoms with Crippen molar-refractivity contribution >= 4 is 34.7 Å². The van der Waals surface area contributed by atoms with Gasteiger partial charge in [-0.05, 0) is 31.4 Å². The Morgan fingerprint density at radius 3 is 2.91 bits per heavy atom. The van der Waals surface area contributed by atoms with Gasteiger partial charge in [0, 0.05) is 12.5 Å². The second kappa shape index (κ2) is 3.76. The van der Waals surface area contributed by atoms with Crippen molar-refractivity contribution < 1.29 is 0 Å². The highest BCUT2D eigenvalue weighted by Gasteiger charge is 2.18. The van der Waals surface area contributed by atoms with Gasteiger partial charge < -0.3 is 10.6 Å². The number of rotatable bonds is 1. The van der Waals surface area contributed by atoms with E-state index in [0.717, 1.165) is 6.42 Å². The number of nitrogens with zero attached hydrogens (tertiary/aromatic N) is 1. The summed E-state index contributed by atoms with van der Waals surface area (Å²) >= 11 is 9.42. The quantitative estimate of drug-likeness (QED) is 0.467. The van der Waals surface area contributed by atoms with E-state index in [-0.39, 0.29) is 6.17 Å². The molecule has 0 spiro atoms. The molecule has 60 valence electrons. The first kappa shape index (κ1) is 8.59. The van der Waals surface area contributed by atoms with Crippen molar-refractivity contribution in [3.05, 3.63) is 0 Å². The van der Waals surface area contributed by atoms with Gasteiger partial charge in [-0.15, -0.1) is 0 Å². The molecule has 0 aromatic rings. The molecule has 0 saturated carbocycles. The summed E-state index contributed by atoms with van der Waals surface area (Å²) in [6, 6.07) is 0.362. The maximum absolute atomic E-state index is 4.93. The van der Waals surface area contributed by atoms with Gasteiger partial charge in [-0.3, -0.25) is 0 Å². The smallest absolute Gasteiger partial charge is 0.168 e. The topological polar surface area (TPSA) is 36.4 Å².